The molecule has 1 aliphatic carbocycles. The summed E-state index contributed by atoms with van der Waals surface area (Å²) in [5, 5.41) is 19.5. The minimum absolute atomic E-state index is 0.420. The van der Waals surface area contributed by atoms with Gasteiger partial charge >= 0.3 is 0 Å². The van der Waals surface area contributed by atoms with Crippen molar-refractivity contribution in [2.75, 3.05) is 0 Å². The van der Waals surface area contributed by atoms with E-state index in [0.717, 1.165) is 50.2 Å². The molecule has 12 aromatic rings. The molecule has 0 saturated heterocycles. The van der Waals surface area contributed by atoms with Gasteiger partial charge in [-0.25, -0.2) is 9.98 Å². The summed E-state index contributed by atoms with van der Waals surface area (Å²) in [7, 11) is 0. The molecule has 2 aliphatic rings. The minimum atomic E-state index is -0.563. The Morgan fingerprint density at radius 2 is 1.12 bits per heavy atom. The van der Waals surface area contributed by atoms with E-state index < -0.39 is 11.7 Å². The number of benzene rings is 10. The van der Waals surface area contributed by atoms with E-state index in [1.54, 1.807) is 0 Å². The monoisotopic (exact) mass is 832 g/mol. The molecule has 65 heavy (non-hydrogen) atoms. The zero-order valence-electron chi connectivity index (χ0n) is 35.6. The molecule has 0 fully saturated rings. The summed E-state index contributed by atoms with van der Waals surface area (Å²) in [4.78, 5) is 11.2. The Labute approximate surface area is 374 Å². The van der Waals surface area contributed by atoms with Gasteiger partial charge in [-0.1, -0.05) is 158 Å². The highest BCUT2D eigenvalue weighted by Gasteiger charge is 2.39. The van der Waals surface area contributed by atoms with Crippen LogP contribution in [0.3, 0.4) is 0 Å². The maximum atomic E-state index is 6.92. The van der Waals surface area contributed by atoms with Crippen molar-refractivity contribution >= 4 is 104 Å². The molecule has 1 N–H and O–H groups in total. The summed E-state index contributed by atoms with van der Waals surface area (Å²) < 4.78 is 9.45. The molecule has 2 unspecified atom stereocenters. The molecule has 5 nitrogen and oxygen atoms in total. The van der Waals surface area contributed by atoms with Crippen LogP contribution in [0.1, 0.15) is 35.5 Å². The summed E-state index contributed by atoms with van der Waals surface area (Å²) in [5.74, 6) is 2.38. The largest absolute Gasteiger partial charge is 0.460 e. The Morgan fingerprint density at radius 3 is 1.89 bits per heavy atom. The van der Waals surface area contributed by atoms with Crippen LogP contribution in [0, 0.1) is 0 Å². The van der Waals surface area contributed by atoms with Crippen LogP contribution in [0.25, 0.3) is 92.2 Å². The van der Waals surface area contributed by atoms with E-state index in [4.69, 9.17) is 14.4 Å². The number of aromatic nitrogens is 1. The Kier molecular flexibility index (Phi) is 7.59. The number of para-hydroxylation sites is 2. The highest BCUT2D eigenvalue weighted by Crippen LogP contribution is 2.47. The third-order valence-corrected chi connectivity index (χ3v) is 14.0. The molecule has 0 radical (unpaired) electrons. The number of fused-ring (bicyclic) bond motifs is 13. The fourth-order valence-corrected chi connectivity index (χ4v) is 11.0. The SMILES string of the molecule is CC1(n2c3ccccc3c3cc4ccccc4cc32)C=C(C2=NC(c3ccc4c(ccc5ccccc54)c3)NC(c3ccc4c(ccc5ccccc54)c3)=N2)c2c(oc3ccccc23)C1. The molecule has 0 saturated carbocycles. The van der Waals surface area contributed by atoms with Crippen molar-refractivity contribution in [3.63, 3.8) is 0 Å². The first-order valence-corrected chi connectivity index (χ1v) is 22.5. The van der Waals surface area contributed by atoms with Gasteiger partial charge in [-0.05, 0) is 109 Å². The fourth-order valence-electron chi connectivity index (χ4n) is 11.0. The van der Waals surface area contributed by atoms with Crippen molar-refractivity contribution in [1.82, 2.24) is 9.88 Å². The van der Waals surface area contributed by atoms with E-state index >= 15 is 0 Å². The lowest BCUT2D eigenvalue weighted by atomic mass is 9.82. The lowest BCUT2D eigenvalue weighted by Gasteiger charge is -2.35. The molecule has 2 aromatic heterocycles. The predicted octanol–water partition coefficient (Wildman–Crippen LogP) is 14.8. The van der Waals surface area contributed by atoms with Crippen LogP contribution in [-0.2, 0) is 12.0 Å². The average molecular weight is 833 g/mol. The van der Waals surface area contributed by atoms with Gasteiger partial charge in [0.05, 0.1) is 11.1 Å². The molecule has 14 rings (SSSR count). The molecule has 10 aromatic carbocycles. The molecule has 0 bridgehead atoms. The van der Waals surface area contributed by atoms with Gasteiger partial charge in [0.2, 0.25) is 0 Å². The van der Waals surface area contributed by atoms with E-state index in [1.165, 1.54) is 70.3 Å². The Balaban J connectivity index is 1.01. The number of nitrogens with one attached hydrogen (secondary N) is 1. The van der Waals surface area contributed by atoms with E-state index in [9.17, 15) is 0 Å². The van der Waals surface area contributed by atoms with Gasteiger partial charge in [0.15, 0.2) is 5.84 Å². The first-order chi connectivity index (χ1) is 32.0. The van der Waals surface area contributed by atoms with Crippen molar-refractivity contribution in [3.8, 4) is 0 Å². The number of allylic oxidation sites excluding steroid dienone is 1. The summed E-state index contributed by atoms with van der Waals surface area (Å²) in [6, 6.07) is 70.1. The zero-order chi connectivity index (χ0) is 42.8. The normalized spacial score (nSPS) is 17.6. The third kappa shape index (κ3) is 5.52. The van der Waals surface area contributed by atoms with Crippen LogP contribution >= 0.6 is 0 Å². The van der Waals surface area contributed by atoms with Crippen molar-refractivity contribution < 1.29 is 4.42 Å². The van der Waals surface area contributed by atoms with E-state index in [1.807, 2.05) is 0 Å². The topological polar surface area (TPSA) is 54.8 Å². The number of furan rings is 1. The number of aliphatic imine (C=N–C) groups is 2. The lowest BCUT2D eigenvalue weighted by molar-refractivity contribution is 0.386. The van der Waals surface area contributed by atoms with Crippen LogP contribution in [0.5, 0.6) is 0 Å². The fraction of sp³-hybridized carbons (Fsp3) is 0.0667. The smallest absolute Gasteiger partial charge is 0.159 e. The zero-order valence-corrected chi connectivity index (χ0v) is 35.6. The number of amidine groups is 2. The van der Waals surface area contributed by atoms with Gasteiger partial charge in [-0.2, -0.15) is 0 Å². The quantitative estimate of drug-likeness (QED) is 0.180. The van der Waals surface area contributed by atoms with Crippen LogP contribution in [-0.4, -0.2) is 16.2 Å². The van der Waals surface area contributed by atoms with E-state index in [-0.39, 0.29) is 0 Å². The predicted molar refractivity (Wildman–Crippen MR) is 271 cm³/mol. The van der Waals surface area contributed by atoms with Crippen molar-refractivity contribution in [2.24, 2.45) is 9.98 Å². The molecule has 0 spiro atoms. The van der Waals surface area contributed by atoms with Crippen LogP contribution in [0.4, 0.5) is 0 Å². The van der Waals surface area contributed by atoms with Gasteiger partial charge in [0.25, 0.3) is 0 Å². The molecule has 1 aliphatic heterocycles. The highest BCUT2D eigenvalue weighted by atomic mass is 16.3. The molecule has 2 atom stereocenters. The van der Waals surface area contributed by atoms with Gasteiger partial charge in [-0.3, -0.25) is 0 Å². The molecular weight excluding hydrogens is 793 g/mol. The molecule has 306 valence electrons. The first kappa shape index (κ1) is 36.2. The van der Waals surface area contributed by atoms with Gasteiger partial charge in [-0.15, -0.1) is 0 Å². The summed E-state index contributed by atoms with van der Waals surface area (Å²) in [5.41, 5.74) is 6.75. The summed E-state index contributed by atoms with van der Waals surface area (Å²) in [6.45, 7) is 2.34. The second-order valence-electron chi connectivity index (χ2n) is 18.0. The van der Waals surface area contributed by atoms with E-state index in [2.05, 4.69) is 217 Å². The highest BCUT2D eigenvalue weighted by molar-refractivity contribution is 6.31. The van der Waals surface area contributed by atoms with E-state index in [0.29, 0.717) is 12.3 Å². The Bertz CT molecular complexity index is 4110. The van der Waals surface area contributed by atoms with Crippen LogP contribution < -0.4 is 5.32 Å². The maximum absolute atomic E-state index is 6.92. The second kappa shape index (κ2) is 13.6. The van der Waals surface area contributed by atoms with Crippen molar-refractivity contribution in [1.29, 1.82) is 0 Å². The standard InChI is InChI=1S/C60H40N4O/c1-60(64-52-20-10-8-18-48(52)50-32-38-14-2-3-15-39(38)33-53(50)64)34-51(56-49-19-9-11-21-54(49)65-55(56)35-60)59-62-57(42-26-28-46-40(30-42)24-22-36-12-4-6-16-44(36)46)61-58(63-59)43-27-29-47-41(31-43)25-23-37-13-5-7-17-45(37)47/h2-34,57H,35H2,1H3,(H,61,62,63). The Hall–Kier alpha value is -8.28. The summed E-state index contributed by atoms with van der Waals surface area (Å²) >= 11 is 0. The molecular formula is C60H40N4O. The van der Waals surface area contributed by atoms with Crippen molar-refractivity contribution in [2.45, 2.75) is 25.0 Å². The van der Waals surface area contributed by atoms with Gasteiger partial charge in [0, 0.05) is 44.8 Å². The van der Waals surface area contributed by atoms with Crippen LogP contribution in [0.15, 0.2) is 215 Å². The molecule has 5 heteroatoms. The lowest BCUT2D eigenvalue weighted by Crippen LogP contribution is -2.36. The minimum Gasteiger partial charge on any atom is -0.460 e. The number of hydrogen-bond acceptors (Lipinski definition) is 4. The average Bonchev–Trinajstić information content (AvgIpc) is 3.90. The first-order valence-electron chi connectivity index (χ1n) is 22.5. The maximum Gasteiger partial charge on any atom is 0.159 e. The third-order valence-electron chi connectivity index (χ3n) is 14.0. The van der Waals surface area contributed by atoms with Gasteiger partial charge in [0.1, 0.15) is 23.3 Å². The second-order valence-corrected chi connectivity index (χ2v) is 18.0. The number of nitrogens with zero attached hydrogens (tertiary/aromatic N) is 3. The van der Waals surface area contributed by atoms with Crippen molar-refractivity contribution in [3.05, 3.63) is 223 Å². The molecule has 3 heterocycles. The molecule has 0 amide bonds. The van der Waals surface area contributed by atoms with Gasteiger partial charge < -0.3 is 14.3 Å². The van der Waals surface area contributed by atoms with Crippen LogP contribution in [0.2, 0.25) is 0 Å². The summed E-state index contributed by atoms with van der Waals surface area (Å²) in [6.07, 6.45) is 2.67. The number of hydrogen-bond donors (Lipinski definition) is 1. The number of rotatable bonds is 4. The Morgan fingerprint density at radius 1 is 0.523 bits per heavy atom.